The summed E-state index contributed by atoms with van der Waals surface area (Å²) in [7, 11) is 0. The fraction of sp³-hybridized carbons (Fsp3) is 0.267. The first-order valence-corrected chi connectivity index (χ1v) is 6.10. The Morgan fingerprint density at radius 1 is 1.18 bits per heavy atom. The molecule has 0 saturated heterocycles. The lowest BCUT2D eigenvalue weighted by atomic mass is 9.86. The van der Waals surface area contributed by atoms with Gasteiger partial charge in [-0.1, -0.05) is 31.2 Å². The van der Waals surface area contributed by atoms with Gasteiger partial charge in [0.05, 0.1) is 6.04 Å². The second-order valence-electron chi connectivity index (χ2n) is 4.71. The highest BCUT2D eigenvalue weighted by molar-refractivity contribution is 5.56. The first-order valence-electron chi connectivity index (χ1n) is 6.10. The van der Waals surface area contributed by atoms with Crippen LogP contribution in [-0.2, 0) is 0 Å². The van der Waals surface area contributed by atoms with Crippen molar-refractivity contribution in [1.29, 1.82) is 0 Å². The van der Waals surface area contributed by atoms with Gasteiger partial charge in [-0.05, 0) is 35.6 Å². The third-order valence-corrected chi connectivity index (χ3v) is 3.50. The molecule has 0 bridgehead atoms. The number of nitrogens with zero attached hydrogens (tertiary/aromatic N) is 1. The number of hydrogen-bond donors (Lipinski definition) is 1. The second kappa shape index (κ2) is 4.21. The van der Waals surface area contributed by atoms with E-state index in [0.717, 1.165) is 6.42 Å². The Hall–Kier alpha value is -1.83. The van der Waals surface area contributed by atoms with Gasteiger partial charge in [0.15, 0.2) is 0 Å². The van der Waals surface area contributed by atoms with Gasteiger partial charge in [0, 0.05) is 18.1 Å². The maximum Gasteiger partial charge on any atom is 0.0534 e. The highest BCUT2D eigenvalue weighted by Gasteiger charge is 2.23. The molecule has 1 aliphatic rings. The largest absolute Gasteiger partial charge is 0.378 e. The highest BCUT2D eigenvalue weighted by Crippen LogP contribution is 2.39. The van der Waals surface area contributed by atoms with Crippen molar-refractivity contribution in [3.8, 4) is 0 Å². The summed E-state index contributed by atoms with van der Waals surface area (Å²) < 4.78 is 0. The first kappa shape index (κ1) is 10.3. The molecule has 2 atom stereocenters. The van der Waals surface area contributed by atoms with Crippen molar-refractivity contribution >= 4 is 5.69 Å². The molecular formula is C15H16N2. The Bertz CT molecular complexity index is 507. The number of anilines is 1. The summed E-state index contributed by atoms with van der Waals surface area (Å²) in [6.07, 6.45) is 4.91. The Labute approximate surface area is 102 Å². The average molecular weight is 224 g/mol. The molecule has 1 aromatic carbocycles. The van der Waals surface area contributed by atoms with E-state index in [1.165, 1.54) is 16.8 Å². The maximum atomic E-state index is 4.20. The summed E-state index contributed by atoms with van der Waals surface area (Å²) in [6.45, 7) is 2.29. The van der Waals surface area contributed by atoms with E-state index < -0.39 is 0 Å². The molecule has 0 fully saturated rings. The monoisotopic (exact) mass is 224 g/mol. The summed E-state index contributed by atoms with van der Waals surface area (Å²) in [6, 6.07) is 13.1. The normalized spacial score (nSPS) is 22.6. The molecule has 0 spiro atoms. The molecule has 17 heavy (non-hydrogen) atoms. The van der Waals surface area contributed by atoms with E-state index in [1.54, 1.807) is 0 Å². The Morgan fingerprint density at radius 2 is 2.06 bits per heavy atom. The topological polar surface area (TPSA) is 24.9 Å². The molecule has 0 aliphatic carbocycles. The lowest BCUT2D eigenvalue weighted by Crippen LogP contribution is -2.20. The van der Waals surface area contributed by atoms with Crippen molar-refractivity contribution in [2.75, 3.05) is 5.32 Å². The average Bonchev–Trinajstić information content (AvgIpc) is 2.40. The third kappa shape index (κ3) is 1.91. The predicted octanol–water partition coefficient (Wildman–Crippen LogP) is 3.74. The summed E-state index contributed by atoms with van der Waals surface area (Å²) in [4.78, 5) is 4.20. The molecule has 86 valence electrons. The summed E-state index contributed by atoms with van der Waals surface area (Å²) in [5.74, 6) is 0.595. The van der Waals surface area contributed by atoms with Crippen molar-refractivity contribution in [3.05, 3.63) is 59.9 Å². The van der Waals surface area contributed by atoms with E-state index >= 15 is 0 Å². The highest BCUT2D eigenvalue weighted by atomic mass is 14.9. The van der Waals surface area contributed by atoms with Crippen LogP contribution in [0.15, 0.2) is 48.8 Å². The Balaban J connectivity index is 1.94. The first-order chi connectivity index (χ1) is 8.34. The summed E-state index contributed by atoms with van der Waals surface area (Å²) in [5, 5.41) is 3.60. The minimum absolute atomic E-state index is 0.383. The van der Waals surface area contributed by atoms with Crippen molar-refractivity contribution in [2.24, 2.45) is 0 Å². The molecule has 2 heteroatoms. The van der Waals surface area contributed by atoms with E-state index in [0.29, 0.717) is 12.0 Å². The van der Waals surface area contributed by atoms with Gasteiger partial charge in [-0.25, -0.2) is 0 Å². The van der Waals surface area contributed by atoms with Gasteiger partial charge in [-0.15, -0.1) is 0 Å². The van der Waals surface area contributed by atoms with Crippen molar-refractivity contribution < 1.29 is 0 Å². The van der Waals surface area contributed by atoms with Crippen LogP contribution in [0.3, 0.4) is 0 Å². The number of hydrogen-bond acceptors (Lipinski definition) is 2. The molecule has 0 saturated carbocycles. The predicted molar refractivity (Wildman–Crippen MR) is 70.1 cm³/mol. The van der Waals surface area contributed by atoms with Gasteiger partial charge in [-0.2, -0.15) is 0 Å². The van der Waals surface area contributed by atoms with Gasteiger partial charge >= 0.3 is 0 Å². The lowest BCUT2D eigenvalue weighted by molar-refractivity contribution is 0.578. The number of pyridine rings is 1. The molecule has 1 aliphatic heterocycles. The number of fused-ring (bicyclic) bond motifs is 1. The standard InChI is InChI=1S/C15H16N2/c1-11-9-15(12-5-4-8-16-10-12)17-14-7-3-2-6-13(11)14/h2-8,10-11,15,17H,9H2,1H3/t11-,15+/m0/s1. The number of benzene rings is 1. The zero-order chi connectivity index (χ0) is 11.7. The van der Waals surface area contributed by atoms with Gasteiger partial charge in [0.1, 0.15) is 0 Å². The molecule has 0 amide bonds. The number of aromatic nitrogens is 1. The van der Waals surface area contributed by atoms with Gasteiger partial charge in [-0.3, -0.25) is 4.98 Å². The number of rotatable bonds is 1. The molecule has 1 aromatic heterocycles. The fourth-order valence-corrected chi connectivity index (χ4v) is 2.59. The van der Waals surface area contributed by atoms with Crippen LogP contribution in [0.4, 0.5) is 5.69 Å². The molecule has 0 unspecified atom stereocenters. The minimum atomic E-state index is 0.383. The molecule has 2 heterocycles. The van der Waals surface area contributed by atoms with Crippen LogP contribution < -0.4 is 5.32 Å². The molecule has 1 N–H and O–H groups in total. The fourth-order valence-electron chi connectivity index (χ4n) is 2.59. The minimum Gasteiger partial charge on any atom is -0.378 e. The van der Waals surface area contributed by atoms with Crippen LogP contribution in [0, 0.1) is 0 Å². The van der Waals surface area contributed by atoms with E-state index in [9.17, 15) is 0 Å². The zero-order valence-corrected chi connectivity index (χ0v) is 9.93. The molecule has 0 radical (unpaired) electrons. The van der Waals surface area contributed by atoms with Crippen molar-refractivity contribution in [1.82, 2.24) is 4.98 Å². The van der Waals surface area contributed by atoms with E-state index in [4.69, 9.17) is 0 Å². The van der Waals surface area contributed by atoms with Crippen LogP contribution in [-0.4, -0.2) is 4.98 Å². The van der Waals surface area contributed by atoms with Gasteiger partial charge < -0.3 is 5.32 Å². The van der Waals surface area contributed by atoms with Gasteiger partial charge in [0.2, 0.25) is 0 Å². The van der Waals surface area contributed by atoms with Crippen LogP contribution >= 0.6 is 0 Å². The molecular weight excluding hydrogens is 208 g/mol. The molecule has 3 rings (SSSR count). The smallest absolute Gasteiger partial charge is 0.0534 e. The number of nitrogens with one attached hydrogen (secondary N) is 1. The van der Waals surface area contributed by atoms with Crippen LogP contribution in [0.25, 0.3) is 0 Å². The van der Waals surface area contributed by atoms with E-state index in [2.05, 4.69) is 47.6 Å². The SMILES string of the molecule is C[C@H]1C[C@H](c2cccnc2)Nc2ccccc21. The third-order valence-electron chi connectivity index (χ3n) is 3.50. The quantitative estimate of drug-likeness (QED) is 0.798. The molecule has 2 aromatic rings. The van der Waals surface area contributed by atoms with E-state index in [1.807, 2.05) is 18.5 Å². The summed E-state index contributed by atoms with van der Waals surface area (Å²) >= 11 is 0. The van der Waals surface area contributed by atoms with E-state index in [-0.39, 0.29) is 0 Å². The van der Waals surface area contributed by atoms with Crippen molar-refractivity contribution in [3.63, 3.8) is 0 Å². The Morgan fingerprint density at radius 3 is 2.88 bits per heavy atom. The lowest BCUT2D eigenvalue weighted by Gasteiger charge is -2.31. The van der Waals surface area contributed by atoms with Crippen molar-refractivity contribution in [2.45, 2.75) is 25.3 Å². The Kier molecular flexibility index (Phi) is 2.56. The zero-order valence-electron chi connectivity index (χ0n) is 9.93. The molecule has 2 nitrogen and oxygen atoms in total. The summed E-state index contributed by atoms with van der Waals surface area (Å²) in [5.41, 5.74) is 3.96. The maximum absolute atomic E-state index is 4.20. The van der Waals surface area contributed by atoms with Gasteiger partial charge in [0.25, 0.3) is 0 Å². The van der Waals surface area contributed by atoms with Crippen LogP contribution in [0.5, 0.6) is 0 Å². The van der Waals surface area contributed by atoms with Crippen LogP contribution in [0.2, 0.25) is 0 Å². The van der Waals surface area contributed by atoms with Crippen LogP contribution in [0.1, 0.15) is 36.4 Å². The second-order valence-corrected chi connectivity index (χ2v) is 4.71. The number of para-hydroxylation sites is 1.